The lowest BCUT2D eigenvalue weighted by molar-refractivity contribution is 0.135. The molecular weight excluding hydrogens is 225 g/mol. The summed E-state index contributed by atoms with van der Waals surface area (Å²) in [5.41, 5.74) is 6.41. The van der Waals surface area contributed by atoms with Crippen LogP contribution in [0.4, 0.5) is 4.79 Å². The molecule has 1 aromatic carbocycles. The van der Waals surface area contributed by atoms with E-state index in [1.165, 1.54) is 5.56 Å². The van der Waals surface area contributed by atoms with Crippen molar-refractivity contribution >= 4 is 12.8 Å². The highest BCUT2D eigenvalue weighted by atomic mass is 16.6. The number of hydrogen-bond acceptors (Lipinski definition) is 2. The molecule has 0 aromatic heterocycles. The van der Waals surface area contributed by atoms with Crippen LogP contribution in [-0.4, -0.2) is 18.8 Å². The molecule has 0 aliphatic carbocycles. The van der Waals surface area contributed by atoms with Gasteiger partial charge in [0, 0.05) is 0 Å². The number of carbonyl (C=O) groups excluding carboxylic acids is 1. The van der Waals surface area contributed by atoms with E-state index in [-0.39, 0.29) is 6.00 Å². The molecule has 0 saturated heterocycles. The maximum Gasteiger partial charge on any atom is 0.404 e. The fourth-order valence-electron chi connectivity index (χ4n) is 2.31. The first-order chi connectivity index (χ1) is 8.67. The van der Waals surface area contributed by atoms with Gasteiger partial charge >= 0.3 is 6.09 Å². The van der Waals surface area contributed by atoms with Gasteiger partial charge in [-0.25, -0.2) is 4.79 Å². The van der Waals surface area contributed by atoms with Crippen LogP contribution in [0.2, 0.25) is 12.6 Å². The van der Waals surface area contributed by atoms with Crippen LogP contribution in [0.1, 0.15) is 25.8 Å². The Labute approximate surface area is 110 Å². The van der Waals surface area contributed by atoms with Crippen LogP contribution >= 0.6 is 0 Å². The summed E-state index contributed by atoms with van der Waals surface area (Å²) in [6, 6.07) is 10.2. The van der Waals surface area contributed by atoms with E-state index in [9.17, 15) is 4.79 Å². The molecule has 3 nitrogen and oxygen atoms in total. The Morgan fingerprint density at radius 2 is 1.89 bits per heavy atom. The van der Waals surface area contributed by atoms with Crippen LogP contribution < -0.4 is 5.73 Å². The first kappa shape index (κ1) is 14.6. The van der Waals surface area contributed by atoms with E-state index in [1.54, 1.807) is 0 Å². The standard InChI is InChI=1S/C14H22BNO2/c1-3-15(4-2)13(18-14(16)17)11-10-12-8-6-5-7-9-12/h5-9,13H,3-4,10-11H2,1-2H3,(H2,16,17)/t13-/m1/s1. The summed E-state index contributed by atoms with van der Waals surface area (Å²) in [6.45, 7) is 4.63. The summed E-state index contributed by atoms with van der Waals surface area (Å²) in [7, 11) is 0. The Morgan fingerprint density at radius 1 is 1.28 bits per heavy atom. The van der Waals surface area contributed by atoms with Gasteiger partial charge in [-0.1, -0.05) is 56.8 Å². The summed E-state index contributed by atoms with van der Waals surface area (Å²) in [5.74, 6) is 0. The summed E-state index contributed by atoms with van der Waals surface area (Å²) < 4.78 is 5.25. The summed E-state index contributed by atoms with van der Waals surface area (Å²) in [4.78, 5) is 11.0. The number of ether oxygens (including phenoxy) is 1. The van der Waals surface area contributed by atoms with E-state index in [2.05, 4.69) is 26.0 Å². The maximum absolute atomic E-state index is 11.0. The minimum Gasteiger partial charge on any atom is -0.455 e. The smallest absolute Gasteiger partial charge is 0.404 e. The molecular formula is C14H22BNO2. The van der Waals surface area contributed by atoms with E-state index in [1.807, 2.05) is 18.2 Å². The highest BCUT2D eigenvalue weighted by molar-refractivity contribution is 6.60. The van der Waals surface area contributed by atoms with Gasteiger partial charge in [0.05, 0.1) is 6.00 Å². The van der Waals surface area contributed by atoms with E-state index < -0.39 is 6.09 Å². The second-order valence-corrected chi connectivity index (χ2v) is 4.58. The molecule has 0 heterocycles. The molecule has 0 aliphatic rings. The van der Waals surface area contributed by atoms with Crippen molar-refractivity contribution < 1.29 is 9.53 Å². The lowest BCUT2D eigenvalue weighted by Gasteiger charge is -2.22. The Morgan fingerprint density at radius 3 is 2.39 bits per heavy atom. The fourth-order valence-corrected chi connectivity index (χ4v) is 2.31. The first-order valence-corrected chi connectivity index (χ1v) is 6.67. The predicted molar refractivity (Wildman–Crippen MR) is 75.9 cm³/mol. The van der Waals surface area contributed by atoms with Gasteiger partial charge in [-0.15, -0.1) is 0 Å². The van der Waals surface area contributed by atoms with Crippen LogP contribution in [0.25, 0.3) is 0 Å². The normalized spacial score (nSPS) is 11.9. The summed E-state index contributed by atoms with van der Waals surface area (Å²) in [5, 5.41) is 0. The average Bonchev–Trinajstić information content (AvgIpc) is 2.38. The van der Waals surface area contributed by atoms with E-state index in [0.29, 0.717) is 6.71 Å². The van der Waals surface area contributed by atoms with Crippen molar-refractivity contribution in [2.45, 2.75) is 45.3 Å². The molecule has 1 aromatic rings. The van der Waals surface area contributed by atoms with Crippen molar-refractivity contribution in [2.75, 3.05) is 0 Å². The van der Waals surface area contributed by atoms with Crippen LogP contribution in [0, 0.1) is 0 Å². The van der Waals surface area contributed by atoms with Crippen molar-refractivity contribution in [3.63, 3.8) is 0 Å². The first-order valence-electron chi connectivity index (χ1n) is 6.67. The molecule has 0 bridgehead atoms. The van der Waals surface area contributed by atoms with E-state index >= 15 is 0 Å². The van der Waals surface area contributed by atoms with Crippen molar-refractivity contribution in [2.24, 2.45) is 5.73 Å². The predicted octanol–water partition coefficient (Wildman–Crippen LogP) is 3.16. The molecule has 2 N–H and O–H groups in total. The SMILES string of the molecule is CCB(CC)[C@@H](CCc1ccccc1)OC(N)=O. The molecule has 4 heteroatoms. The molecule has 0 fully saturated rings. The number of hydrogen-bond donors (Lipinski definition) is 1. The number of nitrogens with two attached hydrogens (primary N) is 1. The van der Waals surface area contributed by atoms with Gasteiger partial charge in [0.2, 0.25) is 0 Å². The average molecular weight is 247 g/mol. The number of amides is 1. The van der Waals surface area contributed by atoms with Crippen molar-refractivity contribution in [3.05, 3.63) is 35.9 Å². The zero-order chi connectivity index (χ0) is 13.4. The lowest BCUT2D eigenvalue weighted by Crippen LogP contribution is -2.36. The van der Waals surface area contributed by atoms with Crippen LogP contribution in [0.15, 0.2) is 30.3 Å². The third-order valence-corrected chi connectivity index (χ3v) is 3.40. The van der Waals surface area contributed by atoms with Crippen LogP contribution in [0.3, 0.4) is 0 Å². The summed E-state index contributed by atoms with van der Waals surface area (Å²) >= 11 is 0. The fraction of sp³-hybridized carbons (Fsp3) is 0.500. The van der Waals surface area contributed by atoms with Crippen LogP contribution in [0.5, 0.6) is 0 Å². The highest BCUT2D eigenvalue weighted by Gasteiger charge is 2.24. The quantitative estimate of drug-likeness (QED) is 0.752. The largest absolute Gasteiger partial charge is 0.455 e. The molecule has 98 valence electrons. The molecule has 1 rings (SSSR count). The third-order valence-electron chi connectivity index (χ3n) is 3.40. The van der Waals surface area contributed by atoms with E-state index in [4.69, 9.17) is 10.5 Å². The van der Waals surface area contributed by atoms with Crippen molar-refractivity contribution in [1.82, 2.24) is 0 Å². The molecule has 0 unspecified atom stereocenters. The second-order valence-electron chi connectivity index (χ2n) is 4.58. The second kappa shape index (κ2) is 7.80. The van der Waals surface area contributed by atoms with Gasteiger partial charge in [0.1, 0.15) is 0 Å². The molecule has 1 amide bonds. The molecule has 0 aliphatic heterocycles. The molecule has 18 heavy (non-hydrogen) atoms. The monoisotopic (exact) mass is 247 g/mol. The molecule has 1 atom stereocenters. The number of rotatable bonds is 7. The van der Waals surface area contributed by atoms with Gasteiger partial charge in [0.15, 0.2) is 6.71 Å². The number of benzene rings is 1. The Hall–Kier alpha value is -1.45. The minimum absolute atomic E-state index is 0.0716. The van der Waals surface area contributed by atoms with Gasteiger partial charge in [-0.2, -0.15) is 0 Å². The number of primary amides is 1. The Balaban J connectivity index is 2.58. The topological polar surface area (TPSA) is 52.3 Å². The molecule has 0 spiro atoms. The van der Waals surface area contributed by atoms with E-state index in [0.717, 1.165) is 25.5 Å². The Bertz CT molecular complexity index is 352. The zero-order valence-electron chi connectivity index (χ0n) is 11.3. The Kier molecular flexibility index (Phi) is 6.33. The third kappa shape index (κ3) is 4.82. The zero-order valence-corrected chi connectivity index (χ0v) is 11.3. The molecule has 0 radical (unpaired) electrons. The van der Waals surface area contributed by atoms with Crippen molar-refractivity contribution in [3.8, 4) is 0 Å². The van der Waals surface area contributed by atoms with Crippen LogP contribution in [-0.2, 0) is 11.2 Å². The molecule has 0 saturated carbocycles. The van der Waals surface area contributed by atoms with Gasteiger partial charge < -0.3 is 10.5 Å². The highest BCUT2D eigenvalue weighted by Crippen LogP contribution is 2.15. The van der Waals surface area contributed by atoms with Gasteiger partial charge in [-0.3, -0.25) is 0 Å². The maximum atomic E-state index is 11.0. The van der Waals surface area contributed by atoms with Crippen molar-refractivity contribution in [1.29, 1.82) is 0 Å². The van der Waals surface area contributed by atoms with Gasteiger partial charge in [0.25, 0.3) is 0 Å². The number of aryl methyl sites for hydroxylation is 1. The minimum atomic E-state index is -0.667. The van der Waals surface area contributed by atoms with Gasteiger partial charge in [-0.05, 0) is 18.4 Å². The lowest BCUT2D eigenvalue weighted by atomic mass is 9.41. The summed E-state index contributed by atoms with van der Waals surface area (Å²) in [6.07, 6.45) is 3.08. The number of carbonyl (C=O) groups is 1.